The smallest absolute Gasteiger partial charge is 0.318 e. The Hall–Kier alpha value is -0.370. The van der Waals surface area contributed by atoms with Gasteiger partial charge in [-0.2, -0.15) is 0 Å². The van der Waals surface area contributed by atoms with Crippen LogP contribution in [0.1, 0.15) is 19.8 Å². The third-order valence-corrected chi connectivity index (χ3v) is 3.43. The van der Waals surface area contributed by atoms with E-state index in [9.17, 15) is 9.59 Å². The zero-order valence-electron chi connectivity index (χ0n) is 9.36. The van der Waals surface area contributed by atoms with Crippen LogP contribution >= 0.6 is 22.9 Å². The lowest BCUT2D eigenvalue weighted by molar-refractivity contribution is -0.137. The first-order chi connectivity index (χ1) is 7.49. The van der Waals surface area contributed by atoms with Gasteiger partial charge in [-0.05, 0) is 18.8 Å². The van der Waals surface area contributed by atoms with E-state index in [-0.39, 0.29) is 19.0 Å². The standard InChI is InChI=1S/C10H17IN2O3/c1-8-2-4-12(5-3-8)9(14)6-13(11)7-10(15)16/h8H,2-7H2,1H3,(H,15,16). The predicted octanol–water partition coefficient (Wildman–Crippen LogP) is 0.982. The molecule has 0 unspecified atom stereocenters. The van der Waals surface area contributed by atoms with Crippen LogP contribution in [0.4, 0.5) is 0 Å². The van der Waals surface area contributed by atoms with E-state index in [0.717, 1.165) is 25.9 Å². The molecule has 0 aromatic carbocycles. The topological polar surface area (TPSA) is 60.9 Å². The number of likely N-dealkylation sites (tertiary alicyclic amines) is 1. The van der Waals surface area contributed by atoms with Crippen LogP contribution in [0.15, 0.2) is 0 Å². The molecule has 0 radical (unpaired) electrons. The van der Waals surface area contributed by atoms with Crippen LogP contribution in [0.5, 0.6) is 0 Å². The highest BCUT2D eigenvalue weighted by atomic mass is 127. The van der Waals surface area contributed by atoms with Gasteiger partial charge in [0.15, 0.2) is 0 Å². The van der Waals surface area contributed by atoms with Crippen LogP contribution in [0.3, 0.4) is 0 Å². The van der Waals surface area contributed by atoms with Gasteiger partial charge >= 0.3 is 5.97 Å². The minimum absolute atomic E-state index is 0.0301. The third kappa shape index (κ3) is 4.65. The Morgan fingerprint density at radius 1 is 1.38 bits per heavy atom. The number of rotatable bonds is 4. The monoisotopic (exact) mass is 340 g/mol. The second-order valence-electron chi connectivity index (χ2n) is 4.24. The second-order valence-corrected chi connectivity index (χ2v) is 5.60. The van der Waals surface area contributed by atoms with Crippen LogP contribution in [-0.4, -0.2) is 51.2 Å². The van der Waals surface area contributed by atoms with Gasteiger partial charge in [0, 0.05) is 36.0 Å². The number of aliphatic carboxylic acids is 1. The number of halogens is 1. The van der Waals surface area contributed by atoms with Crippen molar-refractivity contribution in [3.8, 4) is 0 Å². The summed E-state index contributed by atoms with van der Waals surface area (Å²) in [5.41, 5.74) is 0. The van der Waals surface area contributed by atoms with E-state index < -0.39 is 5.97 Å². The molecule has 1 aliphatic heterocycles. The Bertz CT molecular complexity index is 265. The first-order valence-electron chi connectivity index (χ1n) is 5.39. The quantitative estimate of drug-likeness (QED) is 0.612. The first kappa shape index (κ1) is 13.7. The Morgan fingerprint density at radius 3 is 2.44 bits per heavy atom. The fraction of sp³-hybridized carbons (Fsp3) is 0.800. The first-order valence-corrected chi connectivity index (χ1v) is 6.36. The molecule has 0 aromatic heterocycles. The van der Waals surface area contributed by atoms with Gasteiger partial charge in [0.2, 0.25) is 5.91 Å². The van der Waals surface area contributed by atoms with Crippen molar-refractivity contribution in [3.63, 3.8) is 0 Å². The number of hydrogen-bond donors (Lipinski definition) is 1. The molecule has 1 amide bonds. The zero-order valence-corrected chi connectivity index (χ0v) is 11.5. The number of carboxylic acids is 1. The highest BCUT2D eigenvalue weighted by Gasteiger charge is 2.21. The summed E-state index contributed by atoms with van der Waals surface area (Å²) in [6, 6.07) is 0. The molecule has 1 N–H and O–H groups in total. The highest BCUT2D eigenvalue weighted by molar-refractivity contribution is 14.1. The molecular formula is C10H17IN2O3. The molecule has 6 heteroatoms. The van der Waals surface area contributed by atoms with Gasteiger partial charge in [-0.3, -0.25) is 9.59 Å². The summed E-state index contributed by atoms with van der Waals surface area (Å²) in [6.45, 7) is 3.88. The summed E-state index contributed by atoms with van der Waals surface area (Å²) in [5, 5.41) is 8.57. The summed E-state index contributed by atoms with van der Waals surface area (Å²) in [6.07, 6.45) is 2.10. The van der Waals surface area contributed by atoms with Crippen molar-refractivity contribution in [2.75, 3.05) is 26.2 Å². The minimum Gasteiger partial charge on any atom is -0.480 e. The molecule has 1 fully saturated rings. The van der Waals surface area contributed by atoms with Crippen LogP contribution in [0, 0.1) is 5.92 Å². The Labute approximate surface area is 109 Å². The predicted molar refractivity (Wildman–Crippen MR) is 68.2 cm³/mol. The van der Waals surface area contributed by atoms with Crippen LogP contribution in [0.2, 0.25) is 0 Å². The number of nitrogens with zero attached hydrogens (tertiary/aromatic N) is 2. The number of piperidine rings is 1. The molecule has 0 saturated carbocycles. The molecular weight excluding hydrogens is 323 g/mol. The summed E-state index contributed by atoms with van der Waals surface area (Å²) < 4.78 is 1.50. The summed E-state index contributed by atoms with van der Waals surface area (Å²) in [4.78, 5) is 24.0. The molecule has 0 aliphatic carbocycles. The average molecular weight is 340 g/mol. The van der Waals surface area contributed by atoms with Gasteiger partial charge in [0.25, 0.3) is 0 Å². The number of carboxylic acid groups (broad SMARTS) is 1. The van der Waals surface area contributed by atoms with Crippen molar-refractivity contribution in [2.24, 2.45) is 5.92 Å². The molecule has 1 aliphatic rings. The zero-order chi connectivity index (χ0) is 12.1. The minimum atomic E-state index is -0.908. The number of carbonyl (C=O) groups is 2. The van der Waals surface area contributed by atoms with E-state index in [0.29, 0.717) is 5.92 Å². The van der Waals surface area contributed by atoms with Crippen molar-refractivity contribution in [3.05, 3.63) is 0 Å². The van der Waals surface area contributed by atoms with E-state index in [1.54, 1.807) is 0 Å². The van der Waals surface area contributed by atoms with Crippen molar-refractivity contribution in [1.82, 2.24) is 8.01 Å². The van der Waals surface area contributed by atoms with Gasteiger partial charge in [-0.25, -0.2) is 3.11 Å². The van der Waals surface area contributed by atoms with Gasteiger partial charge in [-0.15, -0.1) is 0 Å². The van der Waals surface area contributed by atoms with Crippen LogP contribution in [-0.2, 0) is 9.59 Å². The lowest BCUT2D eigenvalue weighted by Gasteiger charge is -2.31. The average Bonchev–Trinajstić information content (AvgIpc) is 2.16. The fourth-order valence-electron chi connectivity index (χ4n) is 1.71. The number of carbonyl (C=O) groups excluding carboxylic acids is 1. The SMILES string of the molecule is CC1CCN(C(=O)CN(I)CC(=O)O)CC1. The summed E-state index contributed by atoms with van der Waals surface area (Å²) in [5.74, 6) is -0.184. The molecule has 1 rings (SSSR count). The molecule has 0 aromatic rings. The normalized spacial score (nSPS) is 17.8. The van der Waals surface area contributed by atoms with E-state index in [1.807, 2.05) is 27.8 Å². The fourth-order valence-corrected chi connectivity index (χ4v) is 2.29. The van der Waals surface area contributed by atoms with Crippen molar-refractivity contribution >= 4 is 34.7 Å². The van der Waals surface area contributed by atoms with Crippen LogP contribution in [0.25, 0.3) is 0 Å². The van der Waals surface area contributed by atoms with Gasteiger partial charge < -0.3 is 10.0 Å². The highest BCUT2D eigenvalue weighted by Crippen LogP contribution is 2.16. The molecule has 16 heavy (non-hydrogen) atoms. The van der Waals surface area contributed by atoms with Gasteiger partial charge in [0.1, 0.15) is 6.54 Å². The van der Waals surface area contributed by atoms with Crippen molar-refractivity contribution in [2.45, 2.75) is 19.8 Å². The Morgan fingerprint density at radius 2 is 1.94 bits per heavy atom. The van der Waals surface area contributed by atoms with Gasteiger partial charge in [0.05, 0.1) is 6.54 Å². The van der Waals surface area contributed by atoms with E-state index >= 15 is 0 Å². The Balaban J connectivity index is 2.32. The Kier molecular flexibility index (Phi) is 5.47. The largest absolute Gasteiger partial charge is 0.480 e. The maximum absolute atomic E-state index is 11.8. The molecule has 0 spiro atoms. The maximum Gasteiger partial charge on any atom is 0.318 e. The van der Waals surface area contributed by atoms with Crippen molar-refractivity contribution in [1.29, 1.82) is 0 Å². The maximum atomic E-state index is 11.8. The molecule has 1 saturated heterocycles. The lowest BCUT2D eigenvalue weighted by atomic mass is 9.99. The van der Waals surface area contributed by atoms with Gasteiger partial charge in [-0.1, -0.05) is 6.92 Å². The third-order valence-electron chi connectivity index (χ3n) is 2.75. The molecule has 5 nitrogen and oxygen atoms in total. The van der Waals surface area contributed by atoms with Crippen molar-refractivity contribution < 1.29 is 14.7 Å². The molecule has 0 bridgehead atoms. The molecule has 0 atom stereocenters. The van der Waals surface area contributed by atoms with E-state index in [1.165, 1.54) is 3.11 Å². The molecule has 92 valence electrons. The summed E-state index contributed by atoms with van der Waals surface area (Å²) >= 11 is 1.88. The second kappa shape index (κ2) is 6.39. The molecule has 1 heterocycles. The number of hydrogen-bond acceptors (Lipinski definition) is 3. The van der Waals surface area contributed by atoms with E-state index in [2.05, 4.69) is 6.92 Å². The number of amides is 1. The van der Waals surface area contributed by atoms with E-state index in [4.69, 9.17) is 5.11 Å². The lowest BCUT2D eigenvalue weighted by Crippen LogP contribution is -2.42. The van der Waals surface area contributed by atoms with Crippen LogP contribution < -0.4 is 0 Å². The summed E-state index contributed by atoms with van der Waals surface area (Å²) in [7, 11) is 0.